The van der Waals surface area contributed by atoms with E-state index in [1.54, 1.807) is 18.2 Å². The minimum Gasteiger partial charge on any atom is -0.492 e. The standard InChI is InChI=1S/C15H13BrN2O3/c16-10-2-1-3-12(8-10)20-7-6-18-13-9-11(17)4-5-14(13)21-15(18)19/h1-5,8-9H,6-7,17H2. The lowest BCUT2D eigenvalue weighted by atomic mass is 10.3. The lowest BCUT2D eigenvalue weighted by Gasteiger charge is -2.07. The van der Waals surface area contributed by atoms with Gasteiger partial charge in [0.05, 0.1) is 12.1 Å². The Morgan fingerprint density at radius 2 is 2.10 bits per heavy atom. The van der Waals surface area contributed by atoms with E-state index in [-0.39, 0.29) is 0 Å². The molecule has 0 amide bonds. The number of hydrogen-bond acceptors (Lipinski definition) is 4. The van der Waals surface area contributed by atoms with Crippen LogP contribution in [-0.4, -0.2) is 11.2 Å². The first-order valence-corrected chi connectivity index (χ1v) is 7.20. The Bertz CT molecular complexity index is 838. The number of ether oxygens (including phenoxy) is 1. The van der Waals surface area contributed by atoms with Crippen molar-refractivity contribution in [2.24, 2.45) is 0 Å². The number of rotatable bonds is 4. The maximum Gasteiger partial charge on any atom is 0.420 e. The minimum atomic E-state index is -0.409. The minimum absolute atomic E-state index is 0.361. The number of fused-ring (bicyclic) bond motifs is 1. The summed E-state index contributed by atoms with van der Waals surface area (Å²) in [6.45, 7) is 0.752. The highest BCUT2D eigenvalue weighted by Gasteiger charge is 2.09. The molecule has 3 aromatic rings. The Balaban J connectivity index is 1.78. The van der Waals surface area contributed by atoms with E-state index in [1.165, 1.54) is 4.57 Å². The molecule has 0 fully saturated rings. The van der Waals surface area contributed by atoms with Crippen LogP contribution in [0.5, 0.6) is 5.75 Å². The molecule has 0 unspecified atom stereocenters. The van der Waals surface area contributed by atoms with Crippen LogP contribution < -0.4 is 16.2 Å². The fourth-order valence-electron chi connectivity index (χ4n) is 2.10. The molecule has 0 aliphatic carbocycles. The van der Waals surface area contributed by atoms with Crippen LogP contribution in [0.3, 0.4) is 0 Å². The summed E-state index contributed by atoms with van der Waals surface area (Å²) in [6, 6.07) is 12.7. The van der Waals surface area contributed by atoms with E-state index in [4.69, 9.17) is 14.9 Å². The Labute approximate surface area is 129 Å². The van der Waals surface area contributed by atoms with Crippen molar-refractivity contribution in [3.63, 3.8) is 0 Å². The summed E-state index contributed by atoms with van der Waals surface area (Å²) < 4.78 is 13.3. The lowest BCUT2D eigenvalue weighted by Crippen LogP contribution is -2.18. The summed E-state index contributed by atoms with van der Waals surface area (Å²) in [6.07, 6.45) is 0. The van der Waals surface area contributed by atoms with E-state index in [0.29, 0.717) is 29.9 Å². The molecule has 0 radical (unpaired) electrons. The molecule has 2 N–H and O–H groups in total. The quantitative estimate of drug-likeness (QED) is 0.735. The monoisotopic (exact) mass is 348 g/mol. The molecule has 0 aliphatic heterocycles. The second-order valence-corrected chi connectivity index (χ2v) is 5.47. The van der Waals surface area contributed by atoms with Gasteiger partial charge in [-0.1, -0.05) is 22.0 Å². The van der Waals surface area contributed by atoms with Crippen LogP contribution in [-0.2, 0) is 6.54 Å². The Morgan fingerprint density at radius 1 is 1.24 bits per heavy atom. The Hall–Kier alpha value is -2.21. The smallest absolute Gasteiger partial charge is 0.420 e. The number of aromatic nitrogens is 1. The highest BCUT2D eigenvalue weighted by atomic mass is 79.9. The summed E-state index contributed by atoms with van der Waals surface area (Å²) in [5.74, 6) is 0.332. The van der Waals surface area contributed by atoms with Gasteiger partial charge in [0, 0.05) is 10.2 Å². The first-order valence-electron chi connectivity index (χ1n) is 6.41. The fraction of sp³-hybridized carbons (Fsp3) is 0.133. The van der Waals surface area contributed by atoms with Gasteiger partial charge in [-0.2, -0.15) is 0 Å². The first kappa shape index (κ1) is 13.8. The number of nitrogens with two attached hydrogens (primary N) is 1. The molecule has 5 nitrogen and oxygen atoms in total. The molecule has 108 valence electrons. The van der Waals surface area contributed by atoms with Crippen molar-refractivity contribution in [1.29, 1.82) is 0 Å². The lowest BCUT2D eigenvalue weighted by molar-refractivity contribution is 0.294. The molecule has 0 aliphatic rings. The summed E-state index contributed by atoms with van der Waals surface area (Å²) in [4.78, 5) is 11.8. The van der Waals surface area contributed by atoms with E-state index in [2.05, 4.69) is 15.9 Å². The largest absolute Gasteiger partial charge is 0.492 e. The summed E-state index contributed by atoms with van der Waals surface area (Å²) in [5, 5.41) is 0. The van der Waals surface area contributed by atoms with E-state index in [9.17, 15) is 4.79 Å². The van der Waals surface area contributed by atoms with Crippen LogP contribution in [0.15, 0.2) is 56.1 Å². The highest BCUT2D eigenvalue weighted by molar-refractivity contribution is 9.10. The molecule has 1 aromatic heterocycles. The summed E-state index contributed by atoms with van der Waals surface area (Å²) in [7, 11) is 0. The zero-order chi connectivity index (χ0) is 14.8. The first-order chi connectivity index (χ1) is 10.1. The zero-order valence-electron chi connectivity index (χ0n) is 11.1. The van der Waals surface area contributed by atoms with Crippen molar-refractivity contribution in [3.8, 4) is 5.75 Å². The van der Waals surface area contributed by atoms with Gasteiger partial charge in [0.25, 0.3) is 0 Å². The summed E-state index contributed by atoms with van der Waals surface area (Å²) in [5.41, 5.74) is 7.54. The van der Waals surface area contributed by atoms with E-state index in [0.717, 1.165) is 10.2 Å². The predicted octanol–water partition coefficient (Wildman–Crippen LogP) is 3.02. The molecule has 0 saturated carbocycles. The zero-order valence-corrected chi connectivity index (χ0v) is 12.7. The fourth-order valence-corrected chi connectivity index (χ4v) is 2.48. The van der Waals surface area contributed by atoms with Crippen molar-refractivity contribution in [2.45, 2.75) is 6.54 Å². The number of nitrogens with zero attached hydrogens (tertiary/aromatic N) is 1. The SMILES string of the molecule is Nc1ccc2oc(=O)n(CCOc3cccc(Br)c3)c2c1. The average Bonchev–Trinajstić information content (AvgIpc) is 2.75. The molecular weight excluding hydrogens is 336 g/mol. The molecule has 0 spiro atoms. The van der Waals surface area contributed by atoms with Gasteiger partial charge >= 0.3 is 5.76 Å². The van der Waals surface area contributed by atoms with Gasteiger partial charge in [-0.05, 0) is 36.4 Å². The Kier molecular flexibility index (Phi) is 3.70. The molecule has 2 aromatic carbocycles. The van der Waals surface area contributed by atoms with Crippen LogP contribution in [0.25, 0.3) is 11.1 Å². The van der Waals surface area contributed by atoms with Gasteiger partial charge in [-0.25, -0.2) is 4.79 Å². The van der Waals surface area contributed by atoms with E-state index < -0.39 is 5.76 Å². The van der Waals surface area contributed by atoms with Crippen molar-refractivity contribution >= 4 is 32.7 Å². The van der Waals surface area contributed by atoms with Crippen LogP contribution in [0.4, 0.5) is 5.69 Å². The Morgan fingerprint density at radius 3 is 2.90 bits per heavy atom. The summed E-state index contributed by atoms with van der Waals surface area (Å²) >= 11 is 3.38. The van der Waals surface area contributed by atoms with Crippen LogP contribution in [0.1, 0.15) is 0 Å². The molecule has 0 atom stereocenters. The van der Waals surface area contributed by atoms with Crippen LogP contribution in [0, 0.1) is 0 Å². The van der Waals surface area contributed by atoms with Crippen molar-refractivity contribution < 1.29 is 9.15 Å². The van der Waals surface area contributed by atoms with Crippen molar-refractivity contribution in [3.05, 3.63) is 57.5 Å². The molecular formula is C15H13BrN2O3. The van der Waals surface area contributed by atoms with Crippen molar-refractivity contribution in [2.75, 3.05) is 12.3 Å². The molecule has 6 heteroatoms. The highest BCUT2D eigenvalue weighted by Crippen LogP contribution is 2.19. The number of benzene rings is 2. The van der Waals surface area contributed by atoms with Gasteiger partial charge in [0.15, 0.2) is 5.58 Å². The topological polar surface area (TPSA) is 70.4 Å². The van der Waals surface area contributed by atoms with Gasteiger partial charge in [-0.15, -0.1) is 0 Å². The second-order valence-electron chi connectivity index (χ2n) is 4.55. The number of halogens is 1. The number of anilines is 1. The number of nitrogen functional groups attached to an aromatic ring is 1. The molecule has 1 heterocycles. The normalized spacial score (nSPS) is 10.9. The van der Waals surface area contributed by atoms with Gasteiger partial charge in [-0.3, -0.25) is 4.57 Å². The third kappa shape index (κ3) is 2.95. The average molecular weight is 349 g/mol. The van der Waals surface area contributed by atoms with Gasteiger partial charge in [0.1, 0.15) is 12.4 Å². The maximum atomic E-state index is 11.8. The van der Waals surface area contributed by atoms with Gasteiger partial charge in [0.2, 0.25) is 0 Å². The predicted molar refractivity (Wildman–Crippen MR) is 84.5 cm³/mol. The van der Waals surface area contributed by atoms with E-state index in [1.807, 2.05) is 24.3 Å². The van der Waals surface area contributed by atoms with Crippen LogP contribution in [0.2, 0.25) is 0 Å². The molecule has 0 saturated heterocycles. The van der Waals surface area contributed by atoms with Gasteiger partial charge < -0.3 is 14.9 Å². The third-order valence-electron chi connectivity index (χ3n) is 3.07. The maximum absolute atomic E-state index is 11.8. The third-order valence-corrected chi connectivity index (χ3v) is 3.56. The molecule has 21 heavy (non-hydrogen) atoms. The van der Waals surface area contributed by atoms with Crippen molar-refractivity contribution in [1.82, 2.24) is 4.57 Å². The van der Waals surface area contributed by atoms with Crippen LogP contribution >= 0.6 is 15.9 Å². The van der Waals surface area contributed by atoms with E-state index >= 15 is 0 Å². The second kappa shape index (κ2) is 5.65. The number of hydrogen-bond donors (Lipinski definition) is 1. The number of oxazole rings is 1. The molecule has 0 bridgehead atoms. The molecule has 3 rings (SSSR count).